The molecule has 0 N–H and O–H groups in total. The normalized spacial score (nSPS) is 11.3. The van der Waals surface area contributed by atoms with E-state index in [1.165, 1.54) is 0 Å². The molecule has 0 saturated carbocycles. The lowest BCUT2D eigenvalue weighted by Crippen LogP contribution is -1.97. The maximum absolute atomic E-state index is 6.32. The van der Waals surface area contributed by atoms with Crippen molar-refractivity contribution in [3.05, 3.63) is 158 Å². The topological polar surface area (TPSA) is 90.5 Å². The SMILES string of the molecule is c1ccc(-c2cc(-c3ccc4oc5ccc(-c6cc(-c7ccccc7)nc(-c7ccccn7)n6)cc5c4c3)nc(-c3ccccn3)n2)cc1. The molecule has 0 fully saturated rings. The van der Waals surface area contributed by atoms with E-state index in [0.29, 0.717) is 23.0 Å². The van der Waals surface area contributed by atoms with E-state index in [1.807, 2.05) is 109 Å². The predicted octanol–water partition coefficient (Wildman–Crippen LogP) is 9.96. The molecule has 0 aliphatic rings. The van der Waals surface area contributed by atoms with E-state index in [9.17, 15) is 0 Å². The van der Waals surface area contributed by atoms with Crippen molar-refractivity contribution in [2.75, 3.05) is 0 Å². The monoisotopic (exact) mass is 630 g/mol. The van der Waals surface area contributed by atoms with Crippen LogP contribution in [0.25, 0.3) is 90.0 Å². The minimum Gasteiger partial charge on any atom is -0.456 e. The van der Waals surface area contributed by atoms with Gasteiger partial charge in [-0.25, -0.2) is 19.9 Å². The number of hydrogen-bond acceptors (Lipinski definition) is 7. The molecule has 0 bridgehead atoms. The van der Waals surface area contributed by atoms with Crippen molar-refractivity contribution in [3.63, 3.8) is 0 Å². The molecule has 5 aromatic heterocycles. The fourth-order valence-corrected chi connectivity index (χ4v) is 6.02. The molecule has 0 unspecified atom stereocenters. The molecule has 0 spiro atoms. The highest BCUT2D eigenvalue weighted by atomic mass is 16.3. The summed E-state index contributed by atoms with van der Waals surface area (Å²) in [5.74, 6) is 1.14. The zero-order valence-corrected chi connectivity index (χ0v) is 26.1. The first kappa shape index (κ1) is 28.4. The van der Waals surface area contributed by atoms with E-state index in [-0.39, 0.29) is 0 Å². The van der Waals surface area contributed by atoms with Gasteiger partial charge in [-0.1, -0.05) is 72.8 Å². The molecule has 4 aromatic carbocycles. The first-order valence-electron chi connectivity index (χ1n) is 15.9. The van der Waals surface area contributed by atoms with E-state index in [1.54, 1.807) is 12.4 Å². The van der Waals surface area contributed by atoms with E-state index < -0.39 is 0 Å². The molecule has 0 aliphatic carbocycles. The number of fused-ring (bicyclic) bond motifs is 3. The third-order valence-corrected chi connectivity index (χ3v) is 8.44. The van der Waals surface area contributed by atoms with Crippen LogP contribution in [0.1, 0.15) is 0 Å². The first-order chi connectivity index (χ1) is 24.2. The maximum atomic E-state index is 6.32. The van der Waals surface area contributed by atoms with Gasteiger partial charge in [-0.2, -0.15) is 0 Å². The molecule has 0 amide bonds. The molecule has 9 aromatic rings. The maximum Gasteiger partial charge on any atom is 0.179 e. The Morgan fingerprint density at radius 1 is 0.327 bits per heavy atom. The van der Waals surface area contributed by atoms with Gasteiger partial charge < -0.3 is 4.42 Å². The quantitative estimate of drug-likeness (QED) is 0.181. The van der Waals surface area contributed by atoms with Gasteiger partial charge in [-0.15, -0.1) is 0 Å². The summed E-state index contributed by atoms with van der Waals surface area (Å²) in [5.41, 5.74) is 10.2. The molecule has 7 nitrogen and oxygen atoms in total. The molecule has 0 radical (unpaired) electrons. The van der Waals surface area contributed by atoms with Crippen LogP contribution in [0.2, 0.25) is 0 Å². The number of pyridine rings is 2. The van der Waals surface area contributed by atoms with Gasteiger partial charge >= 0.3 is 0 Å². The van der Waals surface area contributed by atoms with Gasteiger partial charge in [0.15, 0.2) is 11.6 Å². The first-order valence-corrected chi connectivity index (χ1v) is 15.9. The van der Waals surface area contributed by atoms with Crippen molar-refractivity contribution in [3.8, 4) is 68.1 Å². The van der Waals surface area contributed by atoms with Gasteiger partial charge in [0.05, 0.1) is 22.8 Å². The fourth-order valence-electron chi connectivity index (χ4n) is 6.02. The minimum absolute atomic E-state index is 0.568. The summed E-state index contributed by atoms with van der Waals surface area (Å²) in [6.45, 7) is 0. The standard InChI is InChI=1S/C42H26N6O/c1-3-11-27(12-4-1)35-25-37(47-41(45-35)33-15-7-9-21-43-33)29-17-19-39-31(23-29)32-24-30(18-20-40(32)49-39)38-26-36(28-13-5-2-6-14-28)46-42(48-38)34-16-8-10-22-44-34/h1-26H. The Labute approximate surface area is 281 Å². The number of furan rings is 1. The minimum atomic E-state index is 0.568. The van der Waals surface area contributed by atoms with Crippen LogP contribution >= 0.6 is 0 Å². The van der Waals surface area contributed by atoms with Gasteiger partial charge in [0.2, 0.25) is 0 Å². The Kier molecular flexibility index (Phi) is 6.98. The van der Waals surface area contributed by atoms with Crippen molar-refractivity contribution >= 4 is 21.9 Å². The van der Waals surface area contributed by atoms with Crippen LogP contribution in [0.15, 0.2) is 162 Å². The molecule has 5 heterocycles. The Bertz CT molecular complexity index is 2290. The third kappa shape index (κ3) is 5.49. The van der Waals surface area contributed by atoms with Crippen LogP contribution in [-0.2, 0) is 0 Å². The van der Waals surface area contributed by atoms with Crippen LogP contribution in [0.3, 0.4) is 0 Å². The second-order valence-corrected chi connectivity index (χ2v) is 11.6. The Hall–Kier alpha value is -6.86. The third-order valence-electron chi connectivity index (χ3n) is 8.44. The summed E-state index contributed by atoms with van der Waals surface area (Å²) >= 11 is 0. The second-order valence-electron chi connectivity index (χ2n) is 11.6. The molecular weight excluding hydrogens is 605 g/mol. The van der Waals surface area contributed by atoms with Gasteiger partial charge in [0, 0.05) is 45.4 Å². The van der Waals surface area contributed by atoms with E-state index in [2.05, 4.69) is 46.4 Å². The zero-order chi connectivity index (χ0) is 32.6. The van der Waals surface area contributed by atoms with Gasteiger partial charge in [-0.05, 0) is 72.8 Å². The van der Waals surface area contributed by atoms with Crippen LogP contribution in [-0.4, -0.2) is 29.9 Å². The van der Waals surface area contributed by atoms with E-state index >= 15 is 0 Å². The van der Waals surface area contributed by atoms with Crippen molar-refractivity contribution < 1.29 is 4.42 Å². The number of nitrogens with zero attached hydrogens (tertiary/aromatic N) is 6. The largest absolute Gasteiger partial charge is 0.456 e. The van der Waals surface area contributed by atoms with Crippen molar-refractivity contribution in [2.24, 2.45) is 0 Å². The smallest absolute Gasteiger partial charge is 0.179 e. The van der Waals surface area contributed by atoms with E-state index in [4.69, 9.17) is 24.4 Å². The molecule has 49 heavy (non-hydrogen) atoms. The molecule has 0 aliphatic heterocycles. The molecule has 7 heteroatoms. The average molecular weight is 631 g/mol. The number of aromatic nitrogens is 6. The molecule has 230 valence electrons. The Balaban J connectivity index is 1.19. The second kappa shape index (κ2) is 12.1. The number of hydrogen-bond donors (Lipinski definition) is 0. The summed E-state index contributed by atoms with van der Waals surface area (Å²) < 4.78 is 6.32. The number of rotatable bonds is 6. The van der Waals surface area contributed by atoms with Crippen LogP contribution in [0, 0.1) is 0 Å². The average Bonchev–Trinajstić information content (AvgIpc) is 3.56. The lowest BCUT2D eigenvalue weighted by Gasteiger charge is -2.09. The summed E-state index contributed by atoms with van der Waals surface area (Å²) in [4.78, 5) is 28.8. The lowest BCUT2D eigenvalue weighted by molar-refractivity contribution is 0.669. The van der Waals surface area contributed by atoms with Crippen LogP contribution < -0.4 is 0 Å². The van der Waals surface area contributed by atoms with Gasteiger partial charge in [-0.3, -0.25) is 9.97 Å². The fraction of sp³-hybridized carbons (Fsp3) is 0. The van der Waals surface area contributed by atoms with Crippen molar-refractivity contribution in [1.82, 2.24) is 29.9 Å². The lowest BCUT2D eigenvalue weighted by atomic mass is 10.0. The van der Waals surface area contributed by atoms with Gasteiger partial charge in [0.25, 0.3) is 0 Å². The zero-order valence-electron chi connectivity index (χ0n) is 26.1. The summed E-state index contributed by atoms with van der Waals surface area (Å²) in [6.07, 6.45) is 3.52. The highest BCUT2D eigenvalue weighted by Crippen LogP contribution is 2.36. The predicted molar refractivity (Wildman–Crippen MR) is 193 cm³/mol. The molecule has 9 rings (SSSR count). The van der Waals surface area contributed by atoms with Crippen molar-refractivity contribution in [1.29, 1.82) is 0 Å². The van der Waals surface area contributed by atoms with Crippen molar-refractivity contribution in [2.45, 2.75) is 0 Å². The van der Waals surface area contributed by atoms with Gasteiger partial charge in [0.1, 0.15) is 22.6 Å². The van der Waals surface area contributed by atoms with E-state index in [0.717, 1.165) is 67.0 Å². The number of benzene rings is 4. The van der Waals surface area contributed by atoms with Crippen LogP contribution in [0.4, 0.5) is 0 Å². The summed E-state index contributed by atoms with van der Waals surface area (Å²) in [7, 11) is 0. The highest BCUT2D eigenvalue weighted by Gasteiger charge is 2.16. The molecular formula is C42H26N6O. The Morgan fingerprint density at radius 2 is 0.735 bits per heavy atom. The Morgan fingerprint density at radius 3 is 1.14 bits per heavy atom. The summed E-state index contributed by atoms with van der Waals surface area (Å²) in [5, 5.41) is 1.96. The van der Waals surface area contributed by atoms with Crippen LogP contribution in [0.5, 0.6) is 0 Å². The highest BCUT2D eigenvalue weighted by molar-refractivity contribution is 6.07. The molecule has 0 atom stereocenters. The molecule has 0 saturated heterocycles. The summed E-state index contributed by atoms with van der Waals surface area (Å²) in [6, 6.07) is 48.2.